The minimum Gasteiger partial charge on any atom is -0.479 e. The molecule has 8 nitrogen and oxygen atoms in total. The molecule has 0 radical (unpaired) electrons. The van der Waals surface area contributed by atoms with Crippen molar-refractivity contribution in [1.82, 2.24) is 0 Å². The largest absolute Gasteiger partial charge is 0.479 e. The summed E-state index contributed by atoms with van der Waals surface area (Å²) in [6, 6.07) is 0. The maximum atomic E-state index is 12.0. The molecule has 1 heterocycles. The third kappa shape index (κ3) is 4.96. The number of carboxylic acids is 1. The average Bonchev–Trinajstić information content (AvgIpc) is 2.75. The van der Waals surface area contributed by atoms with Crippen LogP contribution in [0.15, 0.2) is 0 Å². The lowest BCUT2D eigenvalue weighted by Crippen LogP contribution is -2.41. The van der Waals surface area contributed by atoms with E-state index in [4.69, 9.17) is 24.1 Å². The van der Waals surface area contributed by atoms with Crippen molar-refractivity contribution in [3.05, 3.63) is 0 Å². The van der Waals surface area contributed by atoms with E-state index in [0.717, 1.165) is 6.42 Å². The number of carbonyl (C=O) groups is 3. The van der Waals surface area contributed by atoms with Gasteiger partial charge in [0.1, 0.15) is 0 Å². The summed E-state index contributed by atoms with van der Waals surface area (Å²) in [6.45, 7) is 6.43. The average molecular weight is 318 g/mol. The highest BCUT2D eigenvalue weighted by Crippen LogP contribution is 2.30. The monoisotopic (exact) mass is 318 g/mol. The molecule has 0 aromatic heterocycles. The van der Waals surface area contributed by atoms with Gasteiger partial charge in [-0.1, -0.05) is 13.3 Å². The van der Waals surface area contributed by atoms with Crippen molar-refractivity contribution in [2.75, 3.05) is 6.61 Å². The van der Waals surface area contributed by atoms with Gasteiger partial charge in [-0.25, -0.2) is 14.4 Å². The summed E-state index contributed by atoms with van der Waals surface area (Å²) in [6.07, 6.45) is -2.45. The molecule has 0 unspecified atom stereocenters. The van der Waals surface area contributed by atoms with Crippen LogP contribution in [0.25, 0.3) is 0 Å². The summed E-state index contributed by atoms with van der Waals surface area (Å²) in [7, 11) is 0. The minimum absolute atomic E-state index is 0.211. The lowest BCUT2D eigenvalue weighted by atomic mass is 10.2. The first-order chi connectivity index (χ1) is 10.2. The number of ether oxygens (including phenoxy) is 4. The van der Waals surface area contributed by atoms with E-state index in [1.54, 1.807) is 0 Å². The van der Waals surface area contributed by atoms with Crippen LogP contribution in [0.5, 0.6) is 0 Å². The first kappa shape index (κ1) is 18.4. The zero-order chi connectivity index (χ0) is 16.9. The highest BCUT2D eigenvalue weighted by molar-refractivity contribution is 5.87. The highest BCUT2D eigenvalue weighted by Gasteiger charge is 2.51. The molecule has 1 saturated heterocycles. The molecule has 1 N–H and O–H groups in total. The van der Waals surface area contributed by atoms with Crippen LogP contribution in [0.2, 0.25) is 0 Å². The van der Waals surface area contributed by atoms with Crippen LogP contribution in [0, 0.1) is 0 Å². The van der Waals surface area contributed by atoms with Gasteiger partial charge in [-0.3, -0.25) is 0 Å². The Labute approximate surface area is 128 Å². The smallest absolute Gasteiger partial charge is 0.344 e. The van der Waals surface area contributed by atoms with E-state index in [9.17, 15) is 14.4 Å². The Hall–Kier alpha value is -1.67. The van der Waals surface area contributed by atoms with E-state index < -0.39 is 42.0 Å². The van der Waals surface area contributed by atoms with Gasteiger partial charge in [0.25, 0.3) is 0 Å². The fourth-order valence-electron chi connectivity index (χ4n) is 1.80. The molecule has 8 heteroatoms. The molecule has 1 rings (SSSR count). The Bertz CT molecular complexity index is 431. The van der Waals surface area contributed by atoms with E-state index in [0.29, 0.717) is 6.42 Å². The van der Waals surface area contributed by atoms with Gasteiger partial charge in [-0.2, -0.15) is 0 Å². The van der Waals surface area contributed by atoms with Gasteiger partial charge in [-0.05, 0) is 27.2 Å². The van der Waals surface area contributed by atoms with Gasteiger partial charge in [0.2, 0.25) is 0 Å². The number of rotatable bonds is 7. The minimum atomic E-state index is -1.36. The first-order valence-corrected chi connectivity index (χ1v) is 7.13. The second kappa shape index (κ2) is 7.55. The molecule has 126 valence electrons. The van der Waals surface area contributed by atoms with Crippen LogP contribution in [-0.2, 0) is 33.3 Å². The molecular formula is C14H22O8. The summed E-state index contributed by atoms with van der Waals surface area (Å²) in [5.74, 6) is -4.18. The Morgan fingerprint density at radius 2 is 1.73 bits per heavy atom. The first-order valence-electron chi connectivity index (χ1n) is 7.13. The van der Waals surface area contributed by atoms with Crippen molar-refractivity contribution in [3.8, 4) is 0 Å². The van der Waals surface area contributed by atoms with Gasteiger partial charge in [0.15, 0.2) is 24.1 Å². The number of carbonyl (C=O) groups excluding carboxylic acids is 2. The molecule has 3 atom stereocenters. The van der Waals surface area contributed by atoms with Crippen molar-refractivity contribution < 1.29 is 38.4 Å². The second-order valence-electron chi connectivity index (χ2n) is 5.42. The van der Waals surface area contributed by atoms with Crippen LogP contribution < -0.4 is 0 Å². The van der Waals surface area contributed by atoms with Crippen LogP contribution in [-0.4, -0.2) is 53.7 Å². The van der Waals surface area contributed by atoms with E-state index in [1.165, 1.54) is 20.8 Å². The zero-order valence-electron chi connectivity index (χ0n) is 13.2. The SMILES string of the molecule is CCCCOC(=O)[C@@H]1OC(C)(C)O[C@H]1C(=O)O[C@@H](C)C(=O)O. The third-order valence-electron chi connectivity index (χ3n) is 2.94. The molecule has 22 heavy (non-hydrogen) atoms. The number of hydrogen-bond acceptors (Lipinski definition) is 7. The van der Waals surface area contributed by atoms with Crippen LogP contribution in [0.1, 0.15) is 40.5 Å². The molecule has 1 fully saturated rings. The van der Waals surface area contributed by atoms with E-state index in [1.807, 2.05) is 6.92 Å². The Kier molecular flexibility index (Phi) is 6.31. The fourth-order valence-corrected chi connectivity index (χ4v) is 1.80. The zero-order valence-corrected chi connectivity index (χ0v) is 13.2. The van der Waals surface area contributed by atoms with E-state index in [-0.39, 0.29) is 6.61 Å². The Morgan fingerprint density at radius 3 is 2.23 bits per heavy atom. The second-order valence-corrected chi connectivity index (χ2v) is 5.42. The van der Waals surface area contributed by atoms with Crippen molar-refractivity contribution in [3.63, 3.8) is 0 Å². The summed E-state index contributed by atoms with van der Waals surface area (Å²) in [5, 5.41) is 8.75. The van der Waals surface area contributed by atoms with Gasteiger partial charge >= 0.3 is 17.9 Å². The van der Waals surface area contributed by atoms with Gasteiger partial charge in [0.05, 0.1) is 6.61 Å². The van der Waals surface area contributed by atoms with Crippen molar-refractivity contribution in [2.24, 2.45) is 0 Å². The number of unbranched alkanes of at least 4 members (excludes halogenated alkanes) is 1. The van der Waals surface area contributed by atoms with Crippen molar-refractivity contribution in [2.45, 2.75) is 64.6 Å². The van der Waals surface area contributed by atoms with Crippen LogP contribution in [0.3, 0.4) is 0 Å². The predicted octanol–water partition coefficient (Wildman–Crippen LogP) is 0.866. The van der Waals surface area contributed by atoms with E-state index >= 15 is 0 Å². The van der Waals surface area contributed by atoms with Gasteiger partial charge in [0, 0.05) is 0 Å². The van der Waals surface area contributed by atoms with Crippen LogP contribution in [0.4, 0.5) is 0 Å². The number of esters is 2. The molecule has 0 aromatic carbocycles. The summed E-state index contributed by atoms with van der Waals surface area (Å²) in [4.78, 5) is 34.7. The molecule has 0 spiro atoms. The van der Waals surface area contributed by atoms with Crippen LogP contribution >= 0.6 is 0 Å². The lowest BCUT2D eigenvalue weighted by Gasteiger charge is -2.17. The molecule has 0 aliphatic carbocycles. The highest BCUT2D eigenvalue weighted by atomic mass is 16.8. The number of aliphatic carboxylic acids is 1. The van der Waals surface area contributed by atoms with Crippen molar-refractivity contribution >= 4 is 17.9 Å². The summed E-state index contributed by atoms with van der Waals surface area (Å²) < 4.78 is 20.5. The standard InChI is InChI=1S/C14H22O8/c1-5-6-7-19-12(17)9-10(22-14(3,4)21-9)13(18)20-8(2)11(15)16/h8-10H,5-7H2,1-4H3,(H,15,16)/t8-,9+,10+/m0/s1. The maximum Gasteiger partial charge on any atom is 0.344 e. The molecule has 1 aliphatic rings. The molecular weight excluding hydrogens is 296 g/mol. The summed E-state index contributed by atoms with van der Waals surface area (Å²) in [5.41, 5.74) is 0. The van der Waals surface area contributed by atoms with E-state index in [2.05, 4.69) is 0 Å². The van der Waals surface area contributed by atoms with Gasteiger partial charge in [-0.15, -0.1) is 0 Å². The third-order valence-corrected chi connectivity index (χ3v) is 2.94. The Morgan fingerprint density at radius 1 is 1.18 bits per heavy atom. The lowest BCUT2D eigenvalue weighted by molar-refractivity contribution is -0.179. The summed E-state index contributed by atoms with van der Waals surface area (Å²) >= 11 is 0. The number of hydrogen-bond donors (Lipinski definition) is 1. The molecule has 1 aliphatic heterocycles. The number of carboxylic acid groups (broad SMARTS) is 1. The molecule has 0 bridgehead atoms. The van der Waals surface area contributed by atoms with Crippen molar-refractivity contribution in [1.29, 1.82) is 0 Å². The topological polar surface area (TPSA) is 108 Å². The fraction of sp³-hybridized carbons (Fsp3) is 0.786. The molecule has 0 saturated carbocycles. The normalized spacial score (nSPS) is 24.5. The quantitative estimate of drug-likeness (QED) is 0.544. The molecule has 0 aromatic rings. The van der Waals surface area contributed by atoms with Gasteiger partial charge < -0.3 is 24.1 Å². The predicted molar refractivity (Wildman–Crippen MR) is 72.9 cm³/mol. The molecule has 0 amide bonds. The maximum absolute atomic E-state index is 12.0. The Balaban J connectivity index is 2.74.